The van der Waals surface area contributed by atoms with Crippen molar-refractivity contribution in [1.29, 1.82) is 0 Å². The van der Waals surface area contributed by atoms with E-state index in [1.165, 1.54) is 0 Å². The number of nitrogens with zero attached hydrogens (tertiary/aromatic N) is 1. The largest absolute Gasteiger partial charge is 0.444 e. The Bertz CT molecular complexity index is 365. The molecule has 4 N–H and O–H groups in total. The van der Waals surface area contributed by atoms with Gasteiger partial charge in [-0.15, -0.1) is 24.0 Å². The van der Waals surface area contributed by atoms with E-state index in [2.05, 4.69) is 22.5 Å². The monoisotopic (exact) mass is 426 g/mol. The van der Waals surface area contributed by atoms with Crippen LogP contribution in [0.2, 0.25) is 0 Å². The van der Waals surface area contributed by atoms with Crippen LogP contribution in [0.25, 0.3) is 0 Å². The second-order valence-corrected chi connectivity index (χ2v) is 6.61. The lowest BCUT2D eigenvalue weighted by Crippen LogP contribution is -2.47. The molecule has 22 heavy (non-hydrogen) atoms. The highest BCUT2D eigenvalue weighted by Gasteiger charge is 2.21. The first-order chi connectivity index (χ1) is 9.80. The van der Waals surface area contributed by atoms with Gasteiger partial charge in [0.2, 0.25) is 0 Å². The fourth-order valence-corrected chi connectivity index (χ4v) is 1.84. The summed E-state index contributed by atoms with van der Waals surface area (Å²) in [6, 6.07) is 0.475. The fourth-order valence-electron chi connectivity index (χ4n) is 1.84. The molecule has 130 valence electrons. The van der Waals surface area contributed by atoms with Crippen molar-refractivity contribution in [2.75, 3.05) is 6.54 Å². The number of nitrogens with one attached hydrogen (secondary N) is 2. The predicted octanol–water partition coefficient (Wildman–Crippen LogP) is 2.75. The smallest absolute Gasteiger partial charge is 0.407 e. The van der Waals surface area contributed by atoms with Crippen LogP contribution in [0.15, 0.2) is 4.99 Å². The molecule has 0 radical (unpaired) electrons. The summed E-state index contributed by atoms with van der Waals surface area (Å²) in [5.41, 5.74) is 5.41. The normalized spacial score (nSPS) is 16.5. The molecular weight excluding hydrogens is 395 g/mol. The minimum Gasteiger partial charge on any atom is -0.444 e. The zero-order valence-electron chi connectivity index (χ0n) is 14.1. The molecule has 1 atom stereocenters. The van der Waals surface area contributed by atoms with E-state index in [0.717, 1.165) is 32.1 Å². The summed E-state index contributed by atoms with van der Waals surface area (Å²) in [6.07, 6.45) is 4.96. The van der Waals surface area contributed by atoms with Gasteiger partial charge in [-0.25, -0.2) is 4.79 Å². The van der Waals surface area contributed by atoms with Crippen molar-refractivity contribution < 1.29 is 9.53 Å². The number of nitrogens with two attached hydrogens (primary N) is 1. The van der Waals surface area contributed by atoms with E-state index in [-0.39, 0.29) is 30.0 Å². The highest BCUT2D eigenvalue weighted by atomic mass is 127. The average Bonchev–Trinajstić information content (AvgIpc) is 3.14. The third-order valence-electron chi connectivity index (χ3n) is 3.02. The third-order valence-corrected chi connectivity index (χ3v) is 3.02. The molecule has 0 heterocycles. The Morgan fingerprint density at radius 3 is 2.55 bits per heavy atom. The van der Waals surface area contributed by atoms with Gasteiger partial charge in [0.25, 0.3) is 0 Å². The number of rotatable bonds is 7. The number of hydrogen-bond donors (Lipinski definition) is 3. The predicted molar refractivity (Wildman–Crippen MR) is 101 cm³/mol. The first-order valence-corrected chi connectivity index (χ1v) is 7.87. The van der Waals surface area contributed by atoms with Gasteiger partial charge in [0.05, 0.1) is 6.04 Å². The number of carbonyl (C=O) groups is 1. The molecule has 0 bridgehead atoms. The second kappa shape index (κ2) is 10.1. The van der Waals surface area contributed by atoms with E-state index in [1.54, 1.807) is 0 Å². The molecule has 0 spiro atoms. The van der Waals surface area contributed by atoms with Crippen LogP contribution in [0.3, 0.4) is 0 Å². The van der Waals surface area contributed by atoms with Gasteiger partial charge in [-0.1, -0.05) is 19.8 Å². The standard InChI is InChI=1S/C15H30N4O2.HI/c1-5-6-7-12(19-13(16)18-11-8-9-11)10-17-14(20)21-15(2,3)4;/h11-12H,5-10H2,1-4H3,(H,17,20)(H3,16,18,19);1H. The average molecular weight is 426 g/mol. The summed E-state index contributed by atoms with van der Waals surface area (Å²) < 4.78 is 5.23. The number of aliphatic imine (C=N–C) groups is 1. The van der Waals surface area contributed by atoms with Gasteiger partial charge in [-0.3, -0.25) is 4.99 Å². The molecule has 1 amide bonds. The molecule has 0 aromatic carbocycles. The van der Waals surface area contributed by atoms with E-state index >= 15 is 0 Å². The van der Waals surface area contributed by atoms with Gasteiger partial charge in [0, 0.05) is 12.6 Å². The number of ether oxygens (including phenoxy) is 1. The lowest BCUT2D eigenvalue weighted by atomic mass is 10.1. The fraction of sp³-hybridized carbons (Fsp3) is 0.867. The van der Waals surface area contributed by atoms with E-state index in [9.17, 15) is 4.79 Å². The maximum Gasteiger partial charge on any atom is 0.407 e. The summed E-state index contributed by atoms with van der Waals surface area (Å²) in [6.45, 7) is 8.16. The van der Waals surface area contributed by atoms with E-state index in [1.807, 2.05) is 20.8 Å². The molecule has 0 saturated heterocycles. The van der Waals surface area contributed by atoms with Crippen LogP contribution < -0.4 is 16.4 Å². The number of amides is 1. The molecule has 1 saturated carbocycles. The van der Waals surface area contributed by atoms with Gasteiger partial charge in [0.15, 0.2) is 5.96 Å². The van der Waals surface area contributed by atoms with Crippen molar-refractivity contribution in [2.24, 2.45) is 10.7 Å². The Balaban J connectivity index is 0.00000441. The minimum atomic E-state index is -0.483. The summed E-state index contributed by atoms with van der Waals surface area (Å²) in [7, 11) is 0. The Kier molecular flexibility index (Phi) is 9.79. The van der Waals surface area contributed by atoms with Crippen molar-refractivity contribution in [3.8, 4) is 0 Å². The zero-order chi connectivity index (χ0) is 15.9. The number of guanidine groups is 1. The molecule has 0 aromatic rings. The van der Waals surface area contributed by atoms with Gasteiger partial charge < -0.3 is 21.1 Å². The van der Waals surface area contributed by atoms with Crippen molar-refractivity contribution in [3.05, 3.63) is 0 Å². The van der Waals surface area contributed by atoms with Gasteiger partial charge in [-0.2, -0.15) is 0 Å². The Hall–Kier alpha value is -0.730. The Morgan fingerprint density at radius 1 is 1.41 bits per heavy atom. The first-order valence-electron chi connectivity index (χ1n) is 7.87. The van der Waals surface area contributed by atoms with Gasteiger partial charge >= 0.3 is 6.09 Å². The molecular formula is C15H31IN4O2. The van der Waals surface area contributed by atoms with Crippen LogP contribution in [-0.4, -0.2) is 36.3 Å². The molecule has 1 fully saturated rings. The molecule has 7 heteroatoms. The molecule has 1 rings (SSSR count). The molecule has 1 aliphatic carbocycles. The quantitative estimate of drug-likeness (QED) is 0.332. The SMILES string of the molecule is CCCCC(CNC(=O)OC(C)(C)C)NC(N)=NC1CC1.I. The molecule has 1 unspecified atom stereocenters. The van der Waals surface area contributed by atoms with Crippen molar-refractivity contribution in [1.82, 2.24) is 10.6 Å². The van der Waals surface area contributed by atoms with Crippen LogP contribution in [-0.2, 0) is 4.74 Å². The lowest BCUT2D eigenvalue weighted by molar-refractivity contribution is 0.0523. The van der Waals surface area contributed by atoms with Crippen LogP contribution in [0.5, 0.6) is 0 Å². The second-order valence-electron chi connectivity index (χ2n) is 6.61. The molecule has 6 nitrogen and oxygen atoms in total. The lowest BCUT2D eigenvalue weighted by Gasteiger charge is -2.23. The Morgan fingerprint density at radius 2 is 2.05 bits per heavy atom. The van der Waals surface area contributed by atoms with Crippen molar-refractivity contribution >= 4 is 36.0 Å². The number of alkyl carbamates (subject to hydrolysis) is 1. The number of hydrogen-bond acceptors (Lipinski definition) is 3. The number of halogens is 1. The van der Waals surface area contributed by atoms with Gasteiger partial charge in [-0.05, 0) is 40.0 Å². The zero-order valence-corrected chi connectivity index (χ0v) is 16.5. The Labute approximate surface area is 151 Å². The number of unbranched alkanes of at least 4 members (excludes halogenated alkanes) is 1. The first kappa shape index (κ1) is 21.3. The van der Waals surface area contributed by atoms with Crippen LogP contribution in [0.4, 0.5) is 4.79 Å². The van der Waals surface area contributed by atoms with Crippen LogP contribution >= 0.6 is 24.0 Å². The van der Waals surface area contributed by atoms with Crippen LogP contribution in [0, 0.1) is 0 Å². The summed E-state index contributed by atoms with van der Waals surface area (Å²) >= 11 is 0. The highest BCUT2D eigenvalue weighted by Crippen LogP contribution is 2.23. The third kappa shape index (κ3) is 10.9. The number of carbonyl (C=O) groups excluding carboxylic acids is 1. The van der Waals surface area contributed by atoms with E-state index < -0.39 is 11.7 Å². The van der Waals surface area contributed by atoms with Crippen molar-refractivity contribution in [3.63, 3.8) is 0 Å². The van der Waals surface area contributed by atoms with Crippen LogP contribution in [0.1, 0.15) is 59.8 Å². The molecule has 1 aliphatic rings. The molecule has 0 aromatic heterocycles. The maximum absolute atomic E-state index is 11.7. The highest BCUT2D eigenvalue weighted by molar-refractivity contribution is 14.0. The summed E-state index contributed by atoms with van der Waals surface area (Å²) in [5.74, 6) is 0.476. The topological polar surface area (TPSA) is 88.7 Å². The van der Waals surface area contributed by atoms with Gasteiger partial charge in [0.1, 0.15) is 5.60 Å². The molecule has 0 aliphatic heterocycles. The summed E-state index contributed by atoms with van der Waals surface area (Å²) in [5, 5.41) is 5.99. The van der Waals surface area contributed by atoms with E-state index in [0.29, 0.717) is 18.5 Å². The maximum atomic E-state index is 11.7. The summed E-state index contributed by atoms with van der Waals surface area (Å²) in [4.78, 5) is 16.1. The van der Waals surface area contributed by atoms with E-state index in [4.69, 9.17) is 10.5 Å². The van der Waals surface area contributed by atoms with Crippen molar-refractivity contribution in [2.45, 2.75) is 77.5 Å². The minimum absolute atomic E-state index is 0.